The summed E-state index contributed by atoms with van der Waals surface area (Å²) in [4.78, 5) is 27.2. The van der Waals surface area contributed by atoms with Gasteiger partial charge in [0.25, 0.3) is 11.8 Å². The molecule has 0 saturated carbocycles. The first-order valence-electron chi connectivity index (χ1n) is 8.50. The summed E-state index contributed by atoms with van der Waals surface area (Å²) < 4.78 is 0.859. The number of benzene rings is 3. The lowest BCUT2D eigenvalue weighted by Gasteiger charge is -2.19. The first-order valence-corrected chi connectivity index (χ1v) is 9.58. The number of rotatable bonds is 5. The number of hydrogen-bond acceptors (Lipinski definition) is 2. The largest absolute Gasteiger partial charge is 0.337 e. The molecule has 0 fully saturated rings. The van der Waals surface area contributed by atoms with E-state index in [-0.39, 0.29) is 11.8 Å². The number of hydrogen-bond donors (Lipinski definition) is 1. The fourth-order valence-electron chi connectivity index (χ4n) is 2.75. The van der Waals surface area contributed by atoms with Crippen molar-refractivity contribution in [1.82, 2.24) is 4.90 Å². The molecular weight excluding hydrogens is 451 g/mol. The van der Waals surface area contributed by atoms with Crippen LogP contribution >= 0.6 is 22.6 Å². The summed E-state index contributed by atoms with van der Waals surface area (Å²) in [7, 11) is 1.76. The molecule has 3 rings (SSSR count). The number of carbonyl (C=O) groups excluding carboxylic acids is 2. The Balaban J connectivity index is 1.80. The van der Waals surface area contributed by atoms with E-state index in [0.717, 1.165) is 9.13 Å². The number of para-hydroxylation sites is 1. The van der Waals surface area contributed by atoms with E-state index in [4.69, 9.17) is 0 Å². The highest BCUT2D eigenvalue weighted by Crippen LogP contribution is 2.20. The maximum Gasteiger partial charge on any atom is 0.256 e. The van der Waals surface area contributed by atoms with Crippen LogP contribution in [0.1, 0.15) is 26.3 Å². The van der Waals surface area contributed by atoms with Gasteiger partial charge >= 0.3 is 0 Å². The molecule has 0 aromatic heterocycles. The van der Waals surface area contributed by atoms with Gasteiger partial charge in [-0.05, 0) is 52.4 Å². The highest BCUT2D eigenvalue weighted by Gasteiger charge is 2.18. The molecule has 27 heavy (non-hydrogen) atoms. The lowest BCUT2D eigenvalue weighted by atomic mass is 10.1. The molecule has 2 amide bonds. The quantitative estimate of drug-likeness (QED) is 0.544. The molecule has 0 aliphatic rings. The summed E-state index contributed by atoms with van der Waals surface area (Å²) >= 11 is 2.13. The van der Waals surface area contributed by atoms with Crippen molar-refractivity contribution in [3.8, 4) is 0 Å². The van der Waals surface area contributed by atoms with Gasteiger partial charge in [-0.1, -0.05) is 54.6 Å². The van der Waals surface area contributed by atoms with Gasteiger partial charge in [0.05, 0.1) is 16.8 Å². The Bertz CT molecular complexity index is 957. The van der Waals surface area contributed by atoms with Crippen molar-refractivity contribution >= 4 is 40.1 Å². The molecule has 3 aromatic carbocycles. The molecule has 136 valence electrons. The second-order valence-electron chi connectivity index (χ2n) is 6.13. The molecule has 4 nitrogen and oxygen atoms in total. The van der Waals surface area contributed by atoms with Gasteiger partial charge in [-0.2, -0.15) is 0 Å². The van der Waals surface area contributed by atoms with Gasteiger partial charge in [0, 0.05) is 17.2 Å². The second-order valence-corrected chi connectivity index (χ2v) is 7.29. The molecule has 0 unspecified atom stereocenters. The van der Waals surface area contributed by atoms with E-state index in [9.17, 15) is 9.59 Å². The van der Waals surface area contributed by atoms with Crippen molar-refractivity contribution in [3.63, 3.8) is 0 Å². The van der Waals surface area contributed by atoms with E-state index in [1.807, 2.05) is 48.5 Å². The Labute approximate surface area is 172 Å². The molecule has 0 radical (unpaired) electrons. The minimum absolute atomic E-state index is 0.141. The van der Waals surface area contributed by atoms with Crippen molar-refractivity contribution in [2.45, 2.75) is 6.54 Å². The SMILES string of the molecule is CN(Cc1ccccc1)C(=O)c1ccccc1NC(=O)c1ccccc1I. The lowest BCUT2D eigenvalue weighted by Crippen LogP contribution is -2.27. The Morgan fingerprint density at radius 1 is 0.852 bits per heavy atom. The molecule has 0 spiro atoms. The summed E-state index contributed by atoms with van der Waals surface area (Å²) in [6, 6.07) is 24.2. The number of nitrogens with one attached hydrogen (secondary N) is 1. The van der Waals surface area contributed by atoms with Gasteiger partial charge in [0.2, 0.25) is 0 Å². The Hall–Kier alpha value is -2.67. The van der Waals surface area contributed by atoms with Crippen LogP contribution in [0.4, 0.5) is 5.69 Å². The monoisotopic (exact) mass is 470 g/mol. The van der Waals surface area contributed by atoms with Gasteiger partial charge in [0.1, 0.15) is 0 Å². The van der Waals surface area contributed by atoms with Gasteiger partial charge in [-0.15, -0.1) is 0 Å². The van der Waals surface area contributed by atoms with Crippen LogP contribution in [-0.4, -0.2) is 23.8 Å². The summed E-state index contributed by atoms with van der Waals surface area (Å²) in [6.07, 6.45) is 0. The van der Waals surface area contributed by atoms with Crippen molar-refractivity contribution < 1.29 is 9.59 Å². The molecule has 0 aliphatic heterocycles. The third kappa shape index (κ3) is 4.74. The van der Waals surface area contributed by atoms with E-state index in [1.54, 1.807) is 42.3 Å². The summed E-state index contributed by atoms with van der Waals surface area (Å²) in [5.74, 6) is -0.372. The van der Waals surface area contributed by atoms with E-state index < -0.39 is 0 Å². The first-order chi connectivity index (χ1) is 13.1. The van der Waals surface area contributed by atoms with Crippen LogP contribution < -0.4 is 5.32 Å². The summed E-state index contributed by atoms with van der Waals surface area (Å²) in [6.45, 7) is 0.499. The summed E-state index contributed by atoms with van der Waals surface area (Å²) in [5, 5.41) is 2.88. The number of anilines is 1. The van der Waals surface area contributed by atoms with Crippen LogP contribution in [0.15, 0.2) is 78.9 Å². The number of amides is 2. The maximum absolute atomic E-state index is 12.9. The van der Waals surface area contributed by atoms with Crippen LogP contribution in [0, 0.1) is 3.57 Å². The van der Waals surface area contributed by atoms with Crippen molar-refractivity contribution in [1.29, 1.82) is 0 Å². The number of nitrogens with zero attached hydrogens (tertiary/aromatic N) is 1. The Morgan fingerprint density at radius 3 is 2.15 bits per heavy atom. The zero-order valence-corrected chi connectivity index (χ0v) is 17.0. The predicted molar refractivity (Wildman–Crippen MR) is 116 cm³/mol. The first kappa shape index (κ1) is 19.1. The smallest absolute Gasteiger partial charge is 0.256 e. The molecule has 0 atom stereocenters. The molecule has 5 heteroatoms. The minimum atomic E-state index is -0.231. The number of carbonyl (C=O) groups is 2. The zero-order valence-electron chi connectivity index (χ0n) is 14.9. The predicted octanol–water partition coefficient (Wildman–Crippen LogP) is 4.82. The average Bonchev–Trinajstić information content (AvgIpc) is 2.69. The van der Waals surface area contributed by atoms with Crippen molar-refractivity contribution in [2.24, 2.45) is 0 Å². The highest BCUT2D eigenvalue weighted by atomic mass is 127. The van der Waals surface area contributed by atoms with Crippen molar-refractivity contribution in [3.05, 3.63) is 99.1 Å². The molecule has 0 bridgehead atoms. The van der Waals surface area contributed by atoms with Crippen LogP contribution in [0.5, 0.6) is 0 Å². The van der Waals surface area contributed by atoms with Gasteiger partial charge < -0.3 is 10.2 Å². The fraction of sp³-hybridized carbons (Fsp3) is 0.0909. The second kappa shape index (κ2) is 8.81. The normalized spacial score (nSPS) is 10.3. The molecular formula is C22H19IN2O2. The topological polar surface area (TPSA) is 49.4 Å². The van der Waals surface area contributed by atoms with E-state index >= 15 is 0 Å². The molecule has 1 N–H and O–H groups in total. The maximum atomic E-state index is 12.9. The third-order valence-electron chi connectivity index (χ3n) is 4.13. The van der Waals surface area contributed by atoms with Crippen LogP contribution in [-0.2, 0) is 6.54 Å². The lowest BCUT2D eigenvalue weighted by molar-refractivity contribution is 0.0786. The molecule has 3 aromatic rings. The van der Waals surface area contributed by atoms with E-state index in [0.29, 0.717) is 23.4 Å². The fourth-order valence-corrected chi connectivity index (χ4v) is 3.38. The zero-order chi connectivity index (χ0) is 19.2. The Morgan fingerprint density at radius 2 is 1.44 bits per heavy atom. The molecule has 0 aliphatic carbocycles. The standard InChI is InChI=1S/C22H19IN2O2/c1-25(15-16-9-3-2-4-10-16)22(27)18-12-6-8-14-20(18)24-21(26)17-11-5-7-13-19(17)23/h2-14H,15H2,1H3,(H,24,26). The Kier molecular flexibility index (Phi) is 6.24. The summed E-state index contributed by atoms with van der Waals surface area (Å²) in [5.41, 5.74) is 2.61. The third-order valence-corrected chi connectivity index (χ3v) is 5.07. The molecule has 0 saturated heterocycles. The van der Waals surface area contributed by atoms with Gasteiger partial charge in [-0.25, -0.2) is 0 Å². The number of halogens is 1. The average molecular weight is 470 g/mol. The van der Waals surface area contributed by atoms with Crippen LogP contribution in [0.3, 0.4) is 0 Å². The minimum Gasteiger partial charge on any atom is -0.337 e. The van der Waals surface area contributed by atoms with Gasteiger partial charge in [0.15, 0.2) is 0 Å². The van der Waals surface area contributed by atoms with Gasteiger partial charge in [-0.3, -0.25) is 9.59 Å². The highest BCUT2D eigenvalue weighted by molar-refractivity contribution is 14.1. The van der Waals surface area contributed by atoms with Crippen molar-refractivity contribution in [2.75, 3.05) is 12.4 Å². The van der Waals surface area contributed by atoms with Crippen LogP contribution in [0.2, 0.25) is 0 Å². The molecule has 0 heterocycles. The van der Waals surface area contributed by atoms with E-state index in [2.05, 4.69) is 27.9 Å². The van der Waals surface area contributed by atoms with E-state index in [1.165, 1.54) is 0 Å². The van der Waals surface area contributed by atoms with Crippen LogP contribution in [0.25, 0.3) is 0 Å².